The van der Waals surface area contributed by atoms with Crippen molar-refractivity contribution in [1.29, 1.82) is 0 Å². The smallest absolute Gasteiger partial charge is 0.330 e. The van der Waals surface area contributed by atoms with Gasteiger partial charge in [0.2, 0.25) is 0 Å². The summed E-state index contributed by atoms with van der Waals surface area (Å²) in [6, 6.07) is 5.23. The second-order valence-electron chi connectivity index (χ2n) is 4.69. The molecule has 3 nitrogen and oxygen atoms in total. The van der Waals surface area contributed by atoms with Crippen LogP contribution in [0.25, 0.3) is 0 Å². The average Bonchev–Trinajstić information content (AvgIpc) is 2.37. The van der Waals surface area contributed by atoms with Gasteiger partial charge < -0.3 is 4.74 Å². The Hall–Kier alpha value is -0.770. The van der Waals surface area contributed by atoms with Crippen LogP contribution in [0.1, 0.15) is 32.8 Å². The van der Waals surface area contributed by atoms with Crippen molar-refractivity contribution in [2.24, 2.45) is 0 Å². The second-order valence-corrected chi connectivity index (χ2v) is 5.54. The average molecular weight is 304 g/mol. The molecule has 0 aliphatic heterocycles. The molecule has 0 saturated carbocycles. The van der Waals surface area contributed by atoms with Gasteiger partial charge in [0, 0.05) is 21.7 Å². The highest BCUT2D eigenvalue weighted by Gasteiger charge is 2.38. The fourth-order valence-corrected chi connectivity index (χ4v) is 2.54. The summed E-state index contributed by atoms with van der Waals surface area (Å²) >= 11 is 12.1. The molecule has 0 saturated heterocycles. The molecule has 0 aromatic heterocycles. The zero-order chi connectivity index (χ0) is 14.6. The van der Waals surface area contributed by atoms with Crippen molar-refractivity contribution in [2.75, 3.05) is 7.11 Å². The lowest BCUT2D eigenvalue weighted by Crippen LogP contribution is -2.51. The highest BCUT2D eigenvalue weighted by molar-refractivity contribution is 6.35. The van der Waals surface area contributed by atoms with Crippen LogP contribution in [0.4, 0.5) is 0 Å². The molecule has 5 heteroatoms. The lowest BCUT2D eigenvalue weighted by Gasteiger charge is -2.32. The number of hydrogen-bond acceptors (Lipinski definition) is 3. The van der Waals surface area contributed by atoms with Gasteiger partial charge in [-0.05, 0) is 32.4 Å². The molecule has 0 fully saturated rings. The van der Waals surface area contributed by atoms with Crippen LogP contribution in [-0.2, 0) is 15.1 Å². The predicted molar refractivity (Wildman–Crippen MR) is 78.7 cm³/mol. The highest BCUT2D eigenvalue weighted by atomic mass is 35.5. The van der Waals surface area contributed by atoms with E-state index in [-0.39, 0.29) is 12.0 Å². The Bertz CT molecular complexity index is 465. The molecule has 19 heavy (non-hydrogen) atoms. The van der Waals surface area contributed by atoms with E-state index in [0.717, 1.165) is 6.42 Å². The van der Waals surface area contributed by atoms with Crippen molar-refractivity contribution in [1.82, 2.24) is 5.32 Å². The van der Waals surface area contributed by atoms with Gasteiger partial charge in [-0.3, -0.25) is 5.32 Å². The molecule has 0 heterocycles. The number of methoxy groups -OCH3 is 1. The summed E-state index contributed by atoms with van der Waals surface area (Å²) in [6.07, 6.45) is 0.887. The van der Waals surface area contributed by atoms with Gasteiger partial charge in [-0.15, -0.1) is 0 Å². The van der Waals surface area contributed by atoms with E-state index in [1.807, 2.05) is 13.8 Å². The van der Waals surface area contributed by atoms with Gasteiger partial charge in [0.05, 0.1) is 7.11 Å². The molecule has 0 bridgehead atoms. The maximum Gasteiger partial charge on any atom is 0.330 e. The summed E-state index contributed by atoms with van der Waals surface area (Å²) < 4.78 is 4.91. The summed E-state index contributed by atoms with van der Waals surface area (Å²) in [6.45, 7) is 5.81. The van der Waals surface area contributed by atoms with Crippen LogP contribution in [0.2, 0.25) is 10.0 Å². The normalized spacial score (nSPS) is 15.7. The van der Waals surface area contributed by atoms with Crippen LogP contribution in [-0.4, -0.2) is 19.1 Å². The Morgan fingerprint density at radius 1 is 1.47 bits per heavy atom. The lowest BCUT2D eigenvalue weighted by atomic mass is 9.90. The van der Waals surface area contributed by atoms with Crippen molar-refractivity contribution < 1.29 is 9.53 Å². The van der Waals surface area contributed by atoms with Gasteiger partial charge in [0.1, 0.15) is 5.54 Å². The molecular formula is C14H19Cl2NO2. The molecule has 0 aliphatic rings. The van der Waals surface area contributed by atoms with Gasteiger partial charge in [0.25, 0.3) is 0 Å². The monoisotopic (exact) mass is 303 g/mol. The third-order valence-electron chi connectivity index (χ3n) is 3.21. The summed E-state index contributed by atoms with van der Waals surface area (Å²) in [5.41, 5.74) is -0.336. The number of carbonyl (C=O) groups excluding carboxylic acids is 1. The van der Waals surface area contributed by atoms with Crippen molar-refractivity contribution >= 4 is 29.2 Å². The van der Waals surface area contributed by atoms with E-state index in [2.05, 4.69) is 5.32 Å². The third-order valence-corrected chi connectivity index (χ3v) is 3.76. The van der Waals surface area contributed by atoms with Gasteiger partial charge in [0.15, 0.2) is 0 Å². The first kappa shape index (κ1) is 16.3. The van der Waals surface area contributed by atoms with Crippen molar-refractivity contribution in [3.63, 3.8) is 0 Å². The largest absolute Gasteiger partial charge is 0.467 e. The topological polar surface area (TPSA) is 38.3 Å². The fraction of sp³-hybridized carbons (Fsp3) is 0.500. The van der Waals surface area contributed by atoms with Crippen LogP contribution in [0, 0.1) is 0 Å². The van der Waals surface area contributed by atoms with Crippen LogP contribution in [0.15, 0.2) is 18.2 Å². The Kier molecular flexibility index (Phi) is 5.65. The predicted octanol–water partition coefficient (Wildman–Crippen LogP) is 3.77. The van der Waals surface area contributed by atoms with E-state index in [1.165, 1.54) is 7.11 Å². The molecule has 0 aliphatic carbocycles. The minimum atomic E-state index is -0.994. The number of esters is 1. The first-order chi connectivity index (χ1) is 8.85. The SMILES string of the molecule is CCC(C)NC(C)(C(=O)OC)c1ccc(Cl)cc1Cl. The molecule has 106 valence electrons. The van der Waals surface area contributed by atoms with Crippen LogP contribution in [0.3, 0.4) is 0 Å². The van der Waals surface area contributed by atoms with E-state index in [0.29, 0.717) is 15.6 Å². The van der Waals surface area contributed by atoms with E-state index in [1.54, 1.807) is 25.1 Å². The van der Waals surface area contributed by atoms with Crippen LogP contribution < -0.4 is 5.32 Å². The lowest BCUT2D eigenvalue weighted by molar-refractivity contribution is -0.148. The highest BCUT2D eigenvalue weighted by Crippen LogP contribution is 2.32. The summed E-state index contributed by atoms with van der Waals surface area (Å²) in [7, 11) is 1.36. The molecule has 0 radical (unpaired) electrons. The number of halogens is 2. The number of hydrogen-bond donors (Lipinski definition) is 1. The summed E-state index contributed by atoms with van der Waals surface area (Å²) in [4.78, 5) is 12.1. The Morgan fingerprint density at radius 2 is 2.11 bits per heavy atom. The number of carbonyl (C=O) groups is 1. The zero-order valence-corrected chi connectivity index (χ0v) is 13.1. The molecule has 1 N–H and O–H groups in total. The molecule has 0 spiro atoms. The first-order valence-electron chi connectivity index (χ1n) is 6.16. The molecule has 1 aromatic rings. The quantitative estimate of drug-likeness (QED) is 0.842. The van der Waals surface area contributed by atoms with Crippen LogP contribution >= 0.6 is 23.2 Å². The zero-order valence-electron chi connectivity index (χ0n) is 11.6. The van der Waals surface area contributed by atoms with Crippen molar-refractivity contribution in [3.05, 3.63) is 33.8 Å². The van der Waals surface area contributed by atoms with E-state index in [9.17, 15) is 4.79 Å². The van der Waals surface area contributed by atoms with Gasteiger partial charge in [-0.1, -0.05) is 36.2 Å². The minimum absolute atomic E-state index is 0.149. The Morgan fingerprint density at radius 3 is 2.58 bits per heavy atom. The number of benzene rings is 1. The standard InChI is InChI=1S/C14H19Cl2NO2/c1-5-9(2)17-14(3,13(18)19-4)11-7-6-10(15)8-12(11)16/h6-9,17H,5H2,1-4H3. The van der Waals surface area contributed by atoms with Crippen LogP contribution in [0.5, 0.6) is 0 Å². The molecule has 0 amide bonds. The van der Waals surface area contributed by atoms with Crippen molar-refractivity contribution in [3.8, 4) is 0 Å². The maximum atomic E-state index is 12.1. The molecular weight excluding hydrogens is 285 g/mol. The fourth-order valence-electron chi connectivity index (χ4n) is 1.94. The molecule has 1 aromatic carbocycles. The van der Waals surface area contributed by atoms with Crippen molar-refractivity contribution in [2.45, 2.75) is 38.8 Å². The van der Waals surface area contributed by atoms with Gasteiger partial charge >= 0.3 is 5.97 Å². The van der Waals surface area contributed by atoms with E-state index >= 15 is 0 Å². The van der Waals surface area contributed by atoms with E-state index < -0.39 is 5.54 Å². The summed E-state index contributed by atoms with van der Waals surface area (Å²) in [5.74, 6) is -0.378. The Balaban J connectivity index is 3.26. The maximum absolute atomic E-state index is 12.1. The van der Waals surface area contributed by atoms with E-state index in [4.69, 9.17) is 27.9 Å². The Labute approximate surface area is 124 Å². The minimum Gasteiger partial charge on any atom is -0.467 e. The first-order valence-corrected chi connectivity index (χ1v) is 6.92. The third kappa shape index (κ3) is 3.62. The number of rotatable bonds is 5. The second kappa shape index (κ2) is 6.60. The number of nitrogens with one attached hydrogen (secondary N) is 1. The summed E-state index contributed by atoms with van der Waals surface area (Å²) in [5, 5.41) is 4.24. The van der Waals surface area contributed by atoms with Gasteiger partial charge in [-0.25, -0.2) is 4.79 Å². The van der Waals surface area contributed by atoms with Gasteiger partial charge in [-0.2, -0.15) is 0 Å². The number of ether oxygens (including phenoxy) is 1. The molecule has 2 atom stereocenters. The molecule has 2 unspecified atom stereocenters. The molecule has 1 rings (SSSR count).